The number of carbonyl (C=O) groups excluding carboxylic acids is 2. The predicted octanol–water partition coefficient (Wildman–Crippen LogP) is 2.67. The third-order valence-corrected chi connectivity index (χ3v) is 4.14. The van der Waals surface area contributed by atoms with E-state index in [2.05, 4.69) is 0 Å². The minimum atomic E-state index is -0.297. The van der Waals surface area contributed by atoms with E-state index < -0.39 is 0 Å². The lowest BCUT2D eigenvalue weighted by Gasteiger charge is -2.16. The number of hydrogen-bond donors (Lipinski definition) is 0. The normalized spacial score (nSPS) is 24.7. The Morgan fingerprint density at radius 1 is 1.15 bits per heavy atom. The number of halogens is 1. The van der Waals surface area contributed by atoms with Crippen molar-refractivity contribution < 1.29 is 9.59 Å². The molecule has 2 atom stereocenters. The fourth-order valence-corrected chi connectivity index (χ4v) is 2.99. The summed E-state index contributed by atoms with van der Waals surface area (Å²) in [7, 11) is 0. The molecular weight excluding hydrogens is 276 g/mol. The van der Waals surface area contributed by atoms with Gasteiger partial charge in [-0.05, 0) is 31.0 Å². The molecule has 2 aliphatic rings. The Bertz CT molecular complexity index is 649. The Hall–Kier alpha value is -2.12. The highest BCUT2D eigenvalue weighted by Crippen LogP contribution is 2.40. The Balaban J connectivity index is 2.05. The quantitative estimate of drug-likeness (QED) is 0.589. The number of nitriles is 1. The average molecular weight is 287 g/mol. The van der Waals surface area contributed by atoms with Crippen molar-refractivity contribution in [2.45, 2.75) is 12.8 Å². The van der Waals surface area contributed by atoms with Crippen LogP contribution in [0, 0.1) is 23.2 Å². The number of amides is 2. The van der Waals surface area contributed by atoms with Gasteiger partial charge in [-0.25, -0.2) is 4.90 Å². The molecule has 2 unspecified atom stereocenters. The van der Waals surface area contributed by atoms with Crippen molar-refractivity contribution in [2.24, 2.45) is 11.8 Å². The van der Waals surface area contributed by atoms with Crippen LogP contribution in [0.25, 0.3) is 0 Å². The molecule has 100 valence electrons. The molecule has 0 bridgehead atoms. The molecular formula is C15H11ClN2O2. The molecule has 1 saturated heterocycles. The van der Waals surface area contributed by atoms with Gasteiger partial charge in [-0.2, -0.15) is 5.26 Å². The van der Waals surface area contributed by atoms with Crippen LogP contribution in [-0.4, -0.2) is 11.8 Å². The van der Waals surface area contributed by atoms with E-state index in [1.54, 1.807) is 6.07 Å². The van der Waals surface area contributed by atoms with E-state index >= 15 is 0 Å². The molecule has 1 aliphatic heterocycles. The Kier molecular flexibility index (Phi) is 3.07. The summed E-state index contributed by atoms with van der Waals surface area (Å²) in [5.74, 6) is -1.04. The third kappa shape index (κ3) is 1.83. The number of nitrogens with zero attached hydrogens (tertiary/aromatic N) is 2. The third-order valence-electron chi connectivity index (χ3n) is 3.82. The zero-order valence-electron chi connectivity index (χ0n) is 10.5. The molecule has 0 aromatic heterocycles. The van der Waals surface area contributed by atoms with Gasteiger partial charge in [0.15, 0.2) is 0 Å². The lowest BCUT2D eigenvalue weighted by Crippen LogP contribution is -2.31. The highest BCUT2D eigenvalue weighted by molar-refractivity contribution is 6.36. The maximum absolute atomic E-state index is 12.4. The van der Waals surface area contributed by atoms with Gasteiger partial charge in [0.25, 0.3) is 0 Å². The lowest BCUT2D eigenvalue weighted by atomic mass is 9.85. The minimum absolute atomic E-state index is 0.221. The predicted molar refractivity (Wildman–Crippen MR) is 74.0 cm³/mol. The first kappa shape index (κ1) is 12.9. The van der Waals surface area contributed by atoms with Gasteiger partial charge in [-0.3, -0.25) is 9.59 Å². The molecule has 1 aromatic rings. The summed E-state index contributed by atoms with van der Waals surface area (Å²) < 4.78 is 0. The van der Waals surface area contributed by atoms with Crippen molar-refractivity contribution in [1.82, 2.24) is 0 Å². The molecule has 1 aromatic carbocycles. The van der Waals surface area contributed by atoms with E-state index in [1.165, 1.54) is 12.1 Å². The number of fused-ring (bicyclic) bond motifs is 1. The molecule has 2 amide bonds. The summed E-state index contributed by atoms with van der Waals surface area (Å²) in [4.78, 5) is 26.0. The molecule has 1 heterocycles. The fraction of sp³-hybridized carbons (Fsp3) is 0.267. The molecule has 20 heavy (non-hydrogen) atoms. The van der Waals surface area contributed by atoms with Crippen molar-refractivity contribution in [2.75, 3.05) is 4.90 Å². The van der Waals surface area contributed by atoms with Gasteiger partial charge in [0, 0.05) is 0 Å². The monoisotopic (exact) mass is 286 g/mol. The number of carbonyl (C=O) groups is 2. The standard InChI is InChI=1S/C15H11ClN2O2/c16-12-6-5-9(8-17)7-13(12)18-14(19)10-3-1-2-4-11(10)15(18)20/h1-2,5-7,10-11H,3-4H2. The smallest absolute Gasteiger partial charge is 0.238 e. The first-order valence-electron chi connectivity index (χ1n) is 6.36. The van der Waals surface area contributed by atoms with Crippen molar-refractivity contribution in [1.29, 1.82) is 5.26 Å². The van der Waals surface area contributed by atoms with Crippen molar-refractivity contribution in [3.8, 4) is 6.07 Å². The zero-order chi connectivity index (χ0) is 14.3. The van der Waals surface area contributed by atoms with E-state index in [0.717, 1.165) is 4.90 Å². The average Bonchev–Trinajstić information content (AvgIpc) is 2.72. The van der Waals surface area contributed by atoms with Gasteiger partial charge in [0.05, 0.1) is 34.2 Å². The van der Waals surface area contributed by atoms with Gasteiger partial charge in [0.2, 0.25) is 11.8 Å². The second-order valence-electron chi connectivity index (χ2n) is 4.95. The van der Waals surface area contributed by atoms with Gasteiger partial charge < -0.3 is 0 Å². The van der Waals surface area contributed by atoms with Crippen LogP contribution in [0.4, 0.5) is 5.69 Å². The van der Waals surface area contributed by atoms with Crippen LogP contribution in [0.2, 0.25) is 5.02 Å². The Morgan fingerprint density at radius 2 is 1.75 bits per heavy atom. The molecule has 3 rings (SSSR count). The molecule has 0 spiro atoms. The molecule has 4 nitrogen and oxygen atoms in total. The minimum Gasteiger partial charge on any atom is -0.274 e. The molecule has 0 saturated carbocycles. The first-order valence-corrected chi connectivity index (χ1v) is 6.73. The van der Waals surface area contributed by atoms with E-state index in [0.29, 0.717) is 29.1 Å². The number of allylic oxidation sites excluding steroid dienone is 2. The van der Waals surface area contributed by atoms with Crippen LogP contribution in [0.5, 0.6) is 0 Å². The second-order valence-corrected chi connectivity index (χ2v) is 5.35. The zero-order valence-corrected chi connectivity index (χ0v) is 11.3. The molecule has 0 radical (unpaired) electrons. The highest BCUT2D eigenvalue weighted by Gasteiger charge is 2.48. The summed E-state index contributed by atoms with van der Waals surface area (Å²) in [5.41, 5.74) is 0.688. The van der Waals surface area contributed by atoms with Crippen molar-refractivity contribution >= 4 is 29.1 Å². The van der Waals surface area contributed by atoms with E-state index in [1.807, 2.05) is 18.2 Å². The summed E-state index contributed by atoms with van der Waals surface area (Å²) in [5, 5.41) is 9.25. The number of hydrogen-bond acceptors (Lipinski definition) is 3. The maximum Gasteiger partial charge on any atom is 0.238 e. The van der Waals surface area contributed by atoms with Crippen LogP contribution in [0.15, 0.2) is 30.4 Å². The largest absolute Gasteiger partial charge is 0.274 e. The van der Waals surface area contributed by atoms with E-state index in [4.69, 9.17) is 16.9 Å². The molecule has 1 fully saturated rings. The summed E-state index contributed by atoms with van der Waals surface area (Å²) in [6.45, 7) is 0. The number of imide groups is 1. The van der Waals surface area contributed by atoms with Crippen LogP contribution in [0.1, 0.15) is 18.4 Å². The van der Waals surface area contributed by atoms with Gasteiger partial charge in [0.1, 0.15) is 0 Å². The molecule has 1 aliphatic carbocycles. The van der Waals surface area contributed by atoms with Crippen LogP contribution >= 0.6 is 11.6 Å². The number of rotatable bonds is 1. The second kappa shape index (κ2) is 4.77. The van der Waals surface area contributed by atoms with Crippen LogP contribution in [0.3, 0.4) is 0 Å². The summed E-state index contributed by atoms with van der Waals surface area (Å²) >= 11 is 6.09. The van der Waals surface area contributed by atoms with Crippen LogP contribution < -0.4 is 4.90 Å². The molecule has 0 N–H and O–H groups in total. The summed E-state index contributed by atoms with van der Waals surface area (Å²) in [6, 6.07) is 6.58. The van der Waals surface area contributed by atoms with Crippen LogP contribution in [-0.2, 0) is 9.59 Å². The van der Waals surface area contributed by atoms with Gasteiger partial charge in [-0.15, -0.1) is 0 Å². The van der Waals surface area contributed by atoms with E-state index in [-0.39, 0.29) is 23.7 Å². The van der Waals surface area contributed by atoms with E-state index in [9.17, 15) is 9.59 Å². The molecule has 5 heteroatoms. The van der Waals surface area contributed by atoms with Crippen molar-refractivity contribution in [3.05, 3.63) is 40.9 Å². The van der Waals surface area contributed by atoms with Crippen molar-refractivity contribution in [3.63, 3.8) is 0 Å². The SMILES string of the molecule is N#Cc1ccc(Cl)c(N2C(=O)C3CC=CCC3C2=O)c1. The Labute approximate surface area is 121 Å². The lowest BCUT2D eigenvalue weighted by molar-refractivity contribution is -0.122. The highest BCUT2D eigenvalue weighted by atomic mass is 35.5. The van der Waals surface area contributed by atoms with Gasteiger partial charge >= 0.3 is 0 Å². The van der Waals surface area contributed by atoms with Gasteiger partial charge in [-0.1, -0.05) is 23.8 Å². The first-order chi connectivity index (χ1) is 9.63. The Morgan fingerprint density at radius 3 is 2.30 bits per heavy atom. The maximum atomic E-state index is 12.4. The number of benzene rings is 1. The number of anilines is 1. The summed E-state index contributed by atoms with van der Waals surface area (Å²) in [6.07, 6.45) is 5.04. The topological polar surface area (TPSA) is 61.2 Å². The fourth-order valence-electron chi connectivity index (χ4n) is 2.79.